The van der Waals surface area contributed by atoms with Crippen molar-refractivity contribution >= 4 is 46.5 Å². The molecule has 0 aliphatic carbocycles. The number of hydrogen-bond acceptors (Lipinski definition) is 7. The van der Waals surface area contributed by atoms with Crippen LogP contribution < -0.4 is 4.74 Å². The fourth-order valence-corrected chi connectivity index (χ4v) is 3.94. The highest BCUT2D eigenvalue weighted by molar-refractivity contribution is 8.18. The van der Waals surface area contributed by atoms with Crippen molar-refractivity contribution in [3.63, 3.8) is 0 Å². The van der Waals surface area contributed by atoms with E-state index in [0.717, 1.165) is 5.56 Å². The van der Waals surface area contributed by atoms with Crippen LogP contribution in [0.4, 0.5) is 5.69 Å². The van der Waals surface area contributed by atoms with Crippen molar-refractivity contribution in [3.05, 3.63) is 64.6 Å². The van der Waals surface area contributed by atoms with E-state index < -0.39 is 11.9 Å². The van der Waals surface area contributed by atoms with Gasteiger partial charge in [0.25, 0.3) is 5.91 Å². The van der Waals surface area contributed by atoms with E-state index in [-0.39, 0.29) is 24.7 Å². The van der Waals surface area contributed by atoms with Crippen molar-refractivity contribution in [2.75, 3.05) is 19.8 Å². The molecule has 0 radical (unpaired) electrons. The van der Waals surface area contributed by atoms with Crippen LogP contribution in [0.15, 0.2) is 58.4 Å². The molecule has 166 valence electrons. The normalized spacial score (nSPS) is 15.9. The molecule has 1 heterocycles. The van der Waals surface area contributed by atoms with Crippen molar-refractivity contribution in [1.29, 1.82) is 0 Å². The fourth-order valence-electron chi connectivity index (χ4n) is 2.88. The molecule has 2 aromatic rings. The fraction of sp³-hybridized carbons (Fsp3) is 0.217. The summed E-state index contributed by atoms with van der Waals surface area (Å²) in [6.45, 7) is 4.07. The Labute approximate surface area is 189 Å². The van der Waals surface area contributed by atoms with Gasteiger partial charge < -0.3 is 14.6 Å². The van der Waals surface area contributed by atoms with Gasteiger partial charge in [-0.1, -0.05) is 18.2 Å². The van der Waals surface area contributed by atoms with E-state index in [1.165, 1.54) is 28.8 Å². The number of carbonyl (C=O) groups is 3. The van der Waals surface area contributed by atoms with E-state index in [9.17, 15) is 19.5 Å². The zero-order valence-corrected chi connectivity index (χ0v) is 18.4. The van der Waals surface area contributed by atoms with E-state index in [1.807, 2.05) is 13.0 Å². The molecule has 9 heteroatoms. The molecule has 1 aliphatic heterocycles. The summed E-state index contributed by atoms with van der Waals surface area (Å²) in [5.41, 5.74) is 1.31. The first kappa shape index (κ1) is 23.1. The van der Waals surface area contributed by atoms with E-state index in [0.29, 0.717) is 28.1 Å². The number of amides is 1. The Bertz CT molecular complexity index is 1100. The summed E-state index contributed by atoms with van der Waals surface area (Å²) in [4.78, 5) is 42.0. The lowest BCUT2D eigenvalue weighted by molar-refractivity contribution is -0.145. The predicted molar refractivity (Wildman–Crippen MR) is 122 cm³/mol. The third-order valence-corrected chi connectivity index (χ3v) is 5.35. The SMILES string of the molecule is CCOC(=O)COc1cccc(/C=C2\SC(=Nc3cccc(C(=O)O)c3)N(CC)C2=O)c1. The predicted octanol–water partition coefficient (Wildman–Crippen LogP) is 3.95. The largest absolute Gasteiger partial charge is 0.482 e. The summed E-state index contributed by atoms with van der Waals surface area (Å²) >= 11 is 1.21. The van der Waals surface area contributed by atoms with E-state index in [1.54, 1.807) is 43.3 Å². The standard InChI is InChI=1S/C23H22N2O6S/c1-3-25-21(27)19(32-23(25)24-17-9-6-8-16(13-17)22(28)29)12-15-7-5-10-18(11-15)31-14-20(26)30-4-2/h5-13H,3-4,14H2,1-2H3,(H,28,29)/b19-12-,24-23?. The number of amidine groups is 1. The number of hydrogen-bond donors (Lipinski definition) is 1. The molecule has 1 saturated heterocycles. The monoisotopic (exact) mass is 454 g/mol. The Kier molecular flexibility index (Phi) is 7.67. The number of rotatable bonds is 8. The molecular formula is C23H22N2O6S. The first-order chi connectivity index (χ1) is 15.4. The Balaban J connectivity index is 1.81. The molecule has 3 rings (SSSR count). The number of aliphatic imine (C=N–C) groups is 1. The maximum Gasteiger partial charge on any atom is 0.344 e. The first-order valence-corrected chi connectivity index (χ1v) is 10.7. The second-order valence-corrected chi connectivity index (χ2v) is 7.59. The smallest absolute Gasteiger partial charge is 0.344 e. The average molecular weight is 455 g/mol. The van der Waals surface area contributed by atoms with Gasteiger partial charge in [-0.15, -0.1) is 0 Å². The minimum atomic E-state index is -1.04. The molecule has 0 spiro atoms. The number of carboxylic acid groups (broad SMARTS) is 1. The summed E-state index contributed by atoms with van der Waals surface area (Å²) in [6.07, 6.45) is 1.73. The Morgan fingerprint density at radius 2 is 1.94 bits per heavy atom. The van der Waals surface area contributed by atoms with Gasteiger partial charge in [-0.25, -0.2) is 14.6 Å². The van der Waals surface area contributed by atoms with Crippen molar-refractivity contribution in [3.8, 4) is 5.75 Å². The molecule has 0 saturated carbocycles. The van der Waals surface area contributed by atoms with Crippen LogP contribution in [0.5, 0.6) is 5.75 Å². The van der Waals surface area contributed by atoms with E-state index in [4.69, 9.17) is 9.47 Å². The van der Waals surface area contributed by atoms with Gasteiger partial charge in [0, 0.05) is 6.54 Å². The van der Waals surface area contributed by atoms with Gasteiger partial charge in [-0.3, -0.25) is 9.69 Å². The molecule has 0 aromatic heterocycles. The zero-order valence-electron chi connectivity index (χ0n) is 17.6. The molecule has 0 bridgehead atoms. The second kappa shape index (κ2) is 10.6. The summed E-state index contributed by atoms with van der Waals surface area (Å²) in [5, 5.41) is 9.64. The highest BCUT2D eigenvalue weighted by Crippen LogP contribution is 2.34. The first-order valence-electron chi connectivity index (χ1n) is 9.93. The minimum Gasteiger partial charge on any atom is -0.482 e. The number of carboxylic acids is 1. The summed E-state index contributed by atoms with van der Waals surface area (Å²) in [7, 11) is 0. The summed E-state index contributed by atoms with van der Waals surface area (Å²) in [5.74, 6) is -1.21. The number of likely N-dealkylation sites (N-methyl/N-ethyl adjacent to an activating group) is 1. The van der Waals surface area contributed by atoms with Crippen LogP contribution in [0.3, 0.4) is 0 Å². The molecule has 1 N–H and O–H groups in total. The average Bonchev–Trinajstić information content (AvgIpc) is 3.06. The number of nitrogens with zero attached hydrogens (tertiary/aromatic N) is 2. The van der Waals surface area contributed by atoms with Crippen LogP contribution in [-0.4, -0.2) is 52.8 Å². The zero-order chi connectivity index (χ0) is 23.1. The van der Waals surface area contributed by atoms with Gasteiger partial charge in [0.2, 0.25) is 0 Å². The summed E-state index contributed by atoms with van der Waals surface area (Å²) in [6, 6.07) is 13.3. The quantitative estimate of drug-likeness (QED) is 0.475. The van der Waals surface area contributed by atoms with Gasteiger partial charge >= 0.3 is 11.9 Å². The highest BCUT2D eigenvalue weighted by atomic mass is 32.2. The van der Waals surface area contributed by atoms with Gasteiger partial charge in [0.05, 0.1) is 22.8 Å². The third-order valence-electron chi connectivity index (χ3n) is 4.34. The lowest BCUT2D eigenvalue weighted by Gasteiger charge is -2.12. The molecule has 2 aromatic carbocycles. The topological polar surface area (TPSA) is 106 Å². The number of ether oxygens (including phenoxy) is 2. The molecule has 1 amide bonds. The van der Waals surface area contributed by atoms with Gasteiger partial charge in [-0.05, 0) is 67.6 Å². The third kappa shape index (κ3) is 5.76. The van der Waals surface area contributed by atoms with Crippen LogP contribution in [0.2, 0.25) is 0 Å². The molecule has 8 nitrogen and oxygen atoms in total. The van der Waals surface area contributed by atoms with Crippen molar-refractivity contribution in [1.82, 2.24) is 4.90 Å². The molecule has 1 fully saturated rings. The minimum absolute atomic E-state index is 0.125. The lowest BCUT2D eigenvalue weighted by Crippen LogP contribution is -2.28. The Hall–Kier alpha value is -3.59. The van der Waals surface area contributed by atoms with Crippen LogP contribution in [0, 0.1) is 0 Å². The highest BCUT2D eigenvalue weighted by Gasteiger charge is 2.32. The molecular weight excluding hydrogens is 432 g/mol. The Morgan fingerprint density at radius 3 is 2.66 bits per heavy atom. The van der Waals surface area contributed by atoms with Crippen molar-refractivity contribution < 1.29 is 29.0 Å². The number of thioether (sulfide) groups is 1. The maximum absolute atomic E-state index is 12.9. The Morgan fingerprint density at radius 1 is 1.16 bits per heavy atom. The van der Waals surface area contributed by atoms with Crippen molar-refractivity contribution in [2.24, 2.45) is 4.99 Å². The molecule has 1 aliphatic rings. The maximum atomic E-state index is 12.9. The van der Waals surface area contributed by atoms with Gasteiger partial charge in [0.15, 0.2) is 11.8 Å². The summed E-state index contributed by atoms with van der Waals surface area (Å²) < 4.78 is 10.3. The second-order valence-electron chi connectivity index (χ2n) is 6.58. The van der Waals surface area contributed by atoms with E-state index >= 15 is 0 Å². The molecule has 0 atom stereocenters. The van der Waals surface area contributed by atoms with Gasteiger partial charge in [-0.2, -0.15) is 0 Å². The molecule has 32 heavy (non-hydrogen) atoms. The number of benzene rings is 2. The van der Waals surface area contributed by atoms with Crippen LogP contribution in [0.25, 0.3) is 6.08 Å². The lowest BCUT2D eigenvalue weighted by atomic mass is 10.2. The van der Waals surface area contributed by atoms with E-state index in [2.05, 4.69) is 4.99 Å². The molecule has 0 unspecified atom stereocenters. The van der Waals surface area contributed by atoms with Gasteiger partial charge in [0.1, 0.15) is 5.75 Å². The van der Waals surface area contributed by atoms with Crippen LogP contribution >= 0.6 is 11.8 Å². The van der Waals surface area contributed by atoms with Crippen LogP contribution in [-0.2, 0) is 14.3 Å². The van der Waals surface area contributed by atoms with Crippen LogP contribution in [0.1, 0.15) is 29.8 Å². The number of aromatic carboxylic acids is 1. The number of esters is 1. The van der Waals surface area contributed by atoms with Crippen molar-refractivity contribution in [2.45, 2.75) is 13.8 Å². The number of carbonyl (C=O) groups excluding carboxylic acids is 2.